The molecule has 0 bridgehead atoms. The Labute approximate surface area is 170 Å². The summed E-state index contributed by atoms with van der Waals surface area (Å²) in [4.78, 5) is 12.6. The largest absolute Gasteiger partial charge is 0.497 e. The number of carbonyl (C=O) groups is 1. The summed E-state index contributed by atoms with van der Waals surface area (Å²) in [6.07, 6.45) is 0. The van der Waals surface area contributed by atoms with Crippen molar-refractivity contribution in [1.82, 2.24) is 0 Å². The lowest BCUT2D eigenvalue weighted by molar-refractivity contribution is 0.102. The number of aryl methyl sites for hydroxylation is 1. The summed E-state index contributed by atoms with van der Waals surface area (Å²) in [6, 6.07) is 20.0. The second-order valence-corrected chi connectivity index (χ2v) is 8.49. The molecule has 0 saturated carbocycles. The SMILES string of the molecule is COc1ccc(N(C)S(=O)(=O)c2cccc(C(=O)Nc3ccc(C)cc3)c2)cc1. The number of ether oxygens (including phenoxy) is 1. The Morgan fingerprint density at radius 3 is 2.24 bits per heavy atom. The van der Waals surface area contributed by atoms with E-state index in [0.717, 1.165) is 5.56 Å². The van der Waals surface area contributed by atoms with Crippen LogP contribution in [-0.4, -0.2) is 28.5 Å². The van der Waals surface area contributed by atoms with Crippen LogP contribution in [0.2, 0.25) is 0 Å². The number of nitrogens with one attached hydrogen (secondary N) is 1. The van der Waals surface area contributed by atoms with Gasteiger partial charge in [-0.2, -0.15) is 0 Å². The predicted octanol–water partition coefficient (Wildman–Crippen LogP) is 4.08. The standard InChI is InChI=1S/C22H22N2O4S/c1-16-7-9-18(10-8-16)23-22(25)17-5-4-6-21(15-17)29(26,27)24(2)19-11-13-20(28-3)14-12-19/h4-15H,1-3H3,(H,23,25). The van der Waals surface area contributed by atoms with Gasteiger partial charge in [0.2, 0.25) is 0 Å². The quantitative estimate of drug-likeness (QED) is 0.664. The van der Waals surface area contributed by atoms with Gasteiger partial charge in [0, 0.05) is 18.3 Å². The molecule has 150 valence electrons. The van der Waals surface area contributed by atoms with Crippen molar-refractivity contribution in [3.63, 3.8) is 0 Å². The van der Waals surface area contributed by atoms with Gasteiger partial charge in [-0.05, 0) is 61.5 Å². The molecule has 7 heteroatoms. The number of carbonyl (C=O) groups excluding carboxylic acids is 1. The van der Waals surface area contributed by atoms with E-state index in [9.17, 15) is 13.2 Å². The van der Waals surface area contributed by atoms with Gasteiger partial charge in [-0.1, -0.05) is 23.8 Å². The average Bonchev–Trinajstić information content (AvgIpc) is 2.75. The third kappa shape index (κ3) is 4.57. The van der Waals surface area contributed by atoms with Crippen LogP contribution in [0.3, 0.4) is 0 Å². The second kappa shape index (κ2) is 8.36. The molecule has 0 fully saturated rings. The number of methoxy groups -OCH3 is 1. The monoisotopic (exact) mass is 410 g/mol. The van der Waals surface area contributed by atoms with Crippen molar-refractivity contribution < 1.29 is 17.9 Å². The van der Waals surface area contributed by atoms with Crippen LogP contribution in [0.25, 0.3) is 0 Å². The molecule has 1 amide bonds. The van der Waals surface area contributed by atoms with E-state index in [0.29, 0.717) is 17.1 Å². The molecule has 29 heavy (non-hydrogen) atoms. The van der Waals surface area contributed by atoms with Gasteiger partial charge in [0.1, 0.15) is 5.75 Å². The Balaban J connectivity index is 1.84. The van der Waals surface area contributed by atoms with Gasteiger partial charge in [0.05, 0.1) is 17.7 Å². The van der Waals surface area contributed by atoms with Crippen molar-refractivity contribution in [2.75, 3.05) is 23.8 Å². The molecule has 0 aliphatic carbocycles. The molecular weight excluding hydrogens is 388 g/mol. The van der Waals surface area contributed by atoms with E-state index in [2.05, 4.69) is 5.32 Å². The first-order valence-electron chi connectivity index (χ1n) is 8.92. The van der Waals surface area contributed by atoms with Crippen LogP contribution in [0.1, 0.15) is 15.9 Å². The molecule has 0 aliphatic heterocycles. The minimum atomic E-state index is -3.83. The number of sulfonamides is 1. The molecule has 6 nitrogen and oxygen atoms in total. The van der Waals surface area contributed by atoms with Gasteiger partial charge in [-0.15, -0.1) is 0 Å². The fourth-order valence-electron chi connectivity index (χ4n) is 2.73. The number of anilines is 2. The highest BCUT2D eigenvalue weighted by molar-refractivity contribution is 7.92. The number of amides is 1. The maximum atomic E-state index is 13.0. The minimum Gasteiger partial charge on any atom is -0.497 e. The Morgan fingerprint density at radius 2 is 1.62 bits per heavy atom. The predicted molar refractivity (Wildman–Crippen MR) is 114 cm³/mol. The molecule has 0 aromatic heterocycles. The van der Waals surface area contributed by atoms with E-state index in [-0.39, 0.29) is 16.4 Å². The number of benzene rings is 3. The second-order valence-electron chi connectivity index (χ2n) is 6.52. The molecule has 0 atom stereocenters. The van der Waals surface area contributed by atoms with Crippen molar-refractivity contribution in [1.29, 1.82) is 0 Å². The number of rotatable bonds is 6. The highest BCUT2D eigenvalue weighted by Gasteiger charge is 2.22. The van der Waals surface area contributed by atoms with Crippen LogP contribution in [-0.2, 0) is 10.0 Å². The molecule has 3 aromatic carbocycles. The fraction of sp³-hybridized carbons (Fsp3) is 0.136. The first-order chi connectivity index (χ1) is 13.8. The summed E-state index contributed by atoms with van der Waals surface area (Å²) in [5.74, 6) is 0.257. The van der Waals surface area contributed by atoms with E-state index in [1.165, 1.54) is 23.5 Å². The Bertz CT molecular complexity index is 1110. The lowest BCUT2D eigenvalue weighted by Crippen LogP contribution is -2.26. The smallest absolute Gasteiger partial charge is 0.264 e. The summed E-state index contributed by atoms with van der Waals surface area (Å²) in [5.41, 5.74) is 2.47. The topological polar surface area (TPSA) is 75.7 Å². The number of hydrogen-bond acceptors (Lipinski definition) is 4. The molecule has 0 saturated heterocycles. The maximum Gasteiger partial charge on any atom is 0.264 e. The molecule has 0 aliphatic rings. The molecule has 3 aromatic rings. The Morgan fingerprint density at radius 1 is 0.966 bits per heavy atom. The van der Waals surface area contributed by atoms with Crippen molar-refractivity contribution in [3.8, 4) is 5.75 Å². The van der Waals surface area contributed by atoms with E-state index in [4.69, 9.17) is 4.74 Å². The summed E-state index contributed by atoms with van der Waals surface area (Å²) in [7, 11) is -0.821. The minimum absolute atomic E-state index is 0.0346. The summed E-state index contributed by atoms with van der Waals surface area (Å²) < 4.78 is 32.3. The molecule has 1 N–H and O–H groups in total. The zero-order valence-corrected chi connectivity index (χ0v) is 17.2. The summed E-state index contributed by atoms with van der Waals surface area (Å²) in [6.45, 7) is 1.96. The number of nitrogens with zero attached hydrogens (tertiary/aromatic N) is 1. The Hall–Kier alpha value is -3.32. The van der Waals surface area contributed by atoms with E-state index >= 15 is 0 Å². The van der Waals surface area contributed by atoms with Gasteiger partial charge in [0.15, 0.2) is 0 Å². The van der Waals surface area contributed by atoms with Crippen LogP contribution >= 0.6 is 0 Å². The van der Waals surface area contributed by atoms with Crippen molar-refractivity contribution in [2.45, 2.75) is 11.8 Å². The highest BCUT2D eigenvalue weighted by Crippen LogP contribution is 2.25. The van der Waals surface area contributed by atoms with Crippen LogP contribution in [0.15, 0.2) is 77.7 Å². The third-order valence-electron chi connectivity index (χ3n) is 4.50. The lowest BCUT2D eigenvalue weighted by Gasteiger charge is -2.20. The molecule has 3 rings (SSSR count). The lowest BCUT2D eigenvalue weighted by atomic mass is 10.2. The van der Waals surface area contributed by atoms with Gasteiger partial charge < -0.3 is 10.1 Å². The number of hydrogen-bond donors (Lipinski definition) is 1. The van der Waals surface area contributed by atoms with Gasteiger partial charge in [-0.25, -0.2) is 8.42 Å². The van der Waals surface area contributed by atoms with Crippen molar-refractivity contribution >= 4 is 27.3 Å². The van der Waals surface area contributed by atoms with Crippen LogP contribution in [0.4, 0.5) is 11.4 Å². The first kappa shape index (κ1) is 20.4. The van der Waals surface area contributed by atoms with Gasteiger partial charge in [0.25, 0.3) is 15.9 Å². The van der Waals surface area contributed by atoms with E-state index < -0.39 is 10.0 Å². The maximum absolute atomic E-state index is 13.0. The highest BCUT2D eigenvalue weighted by atomic mass is 32.2. The molecule has 0 spiro atoms. The first-order valence-corrected chi connectivity index (χ1v) is 10.4. The Kier molecular flexibility index (Phi) is 5.89. The van der Waals surface area contributed by atoms with Crippen molar-refractivity contribution in [3.05, 3.63) is 83.9 Å². The average molecular weight is 410 g/mol. The molecule has 0 heterocycles. The zero-order valence-electron chi connectivity index (χ0n) is 16.4. The van der Waals surface area contributed by atoms with Gasteiger partial charge in [-0.3, -0.25) is 9.10 Å². The van der Waals surface area contributed by atoms with Crippen LogP contribution in [0, 0.1) is 6.92 Å². The normalized spacial score (nSPS) is 11.0. The van der Waals surface area contributed by atoms with E-state index in [1.807, 2.05) is 19.1 Å². The molecule has 0 radical (unpaired) electrons. The molecule has 0 unspecified atom stereocenters. The van der Waals surface area contributed by atoms with E-state index in [1.54, 1.807) is 55.6 Å². The van der Waals surface area contributed by atoms with Crippen molar-refractivity contribution in [2.24, 2.45) is 0 Å². The van der Waals surface area contributed by atoms with Crippen LogP contribution < -0.4 is 14.4 Å². The molecular formula is C22H22N2O4S. The summed E-state index contributed by atoms with van der Waals surface area (Å²) >= 11 is 0. The zero-order chi connectivity index (χ0) is 21.0. The van der Waals surface area contributed by atoms with Crippen LogP contribution in [0.5, 0.6) is 5.75 Å². The third-order valence-corrected chi connectivity index (χ3v) is 6.28. The fourth-order valence-corrected chi connectivity index (χ4v) is 3.97. The summed E-state index contributed by atoms with van der Waals surface area (Å²) in [5, 5.41) is 2.78. The van der Waals surface area contributed by atoms with Gasteiger partial charge >= 0.3 is 0 Å².